The smallest absolute Gasteiger partial charge is 0.123 e. The SMILES string of the molecule is [CH2-][NH2+][C@@H]1CCC[C@@H]1c1ccc(F)cc1. The van der Waals surface area contributed by atoms with Gasteiger partial charge in [-0.3, -0.25) is 0 Å². The predicted octanol–water partition coefficient (Wildman–Crippen LogP) is 1.82. The molecule has 2 atom stereocenters. The number of benzene rings is 1. The van der Waals surface area contributed by atoms with Crippen LogP contribution in [0.3, 0.4) is 0 Å². The molecule has 2 N–H and O–H groups in total. The van der Waals surface area contributed by atoms with E-state index in [1.807, 2.05) is 17.4 Å². The summed E-state index contributed by atoms with van der Waals surface area (Å²) < 4.78 is 12.7. The molecule has 1 fully saturated rings. The Morgan fingerprint density at radius 1 is 1.21 bits per heavy atom. The predicted molar refractivity (Wildman–Crippen MR) is 54.1 cm³/mol. The summed E-state index contributed by atoms with van der Waals surface area (Å²) in [6, 6.07) is 7.49. The van der Waals surface area contributed by atoms with Crippen LogP contribution in [-0.2, 0) is 0 Å². The van der Waals surface area contributed by atoms with Crippen LogP contribution < -0.4 is 5.32 Å². The quantitative estimate of drug-likeness (QED) is 0.690. The highest BCUT2D eigenvalue weighted by atomic mass is 19.1. The normalized spacial score (nSPS) is 26.7. The lowest BCUT2D eigenvalue weighted by Gasteiger charge is -2.19. The lowest BCUT2D eigenvalue weighted by atomic mass is 9.94. The van der Waals surface area contributed by atoms with Gasteiger partial charge in [0, 0.05) is 5.92 Å². The van der Waals surface area contributed by atoms with Crippen LogP contribution in [0.25, 0.3) is 0 Å². The third kappa shape index (κ3) is 1.80. The summed E-state index contributed by atoms with van der Waals surface area (Å²) in [6.45, 7) is 0. The first-order chi connectivity index (χ1) is 6.81. The third-order valence-electron chi connectivity index (χ3n) is 3.17. The summed E-state index contributed by atoms with van der Waals surface area (Å²) in [4.78, 5) is 0. The Morgan fingerprint density at radius 2 is 1.93 bits per heavy atom. The maximum atomic E-state index is 12.7. The lowest BCUT2D eigenvalue weighted by molar-refractivity contribution is -0.635. The maximum absolute atomic E-state index is 12.7. The molecule has 76 valence electrons. The molecule has 0 aromatic heterocycles. The second-order valence-electron chi connectivity index (χ2n) is 3.99. The molecule has 1 aromatic carbocycles. The second-order valence-corrected chi connectivity index (χ2v) is 3.99. The first-order valence-electron chi connectivity index (χ1n) is 5.19. The van der Waals surface area contributed by atoms with Crippen LogP contribution in [0.4, 0.5) is 4.39 Å². The van der Waals surface area contributed by atoms with Crippen molar-refractivity contribution in [2.45, 2.75) is 31.2 Å². The van der Waals surface area contributed by atoms with Crippen molar-refractivity contribution in [1.29, 1.82) is 0 Å². The molecular weight excluding hydrogens is 177 g/mol. The summed E-state index contributed by atoms with van der Waals surface area (Å²) >= 11 is 0. The Morgan fingerprint density at radius 3 is 2.57 bits per heavy atom. The standard InChI is InChI=1S/C12H16FN/c1-14-12-4-2-3-11(12)9-5-7-10(13)8-6-9/h5-8,11-12H,1-4,14H2/t11-,12-/m1/s1. The summed E-state index contributed by atoms with van der Waals surface area (Å²) in [7, 11) is 3.86. The van der Waals surface area contributed by atoms with Gasteiger partial charge in [-0.2, -0.15) is 7.05 Å². The van der Waals surface area contributed by atoms with Gasteiger partial charge in [0.25, 0.3) is 0 Å². The monoisotopic (exact) mass is 193 g/mol. The zero-order valence-corrected chi connectivity index (χ0v) is 8.25. The van der Waals surface area contributed by atoms with Crippen molar-refractivity contribution in [2.24, 2.45) is 0 Å². The first-order valence-corrected chi connectivity index (χ1v) is 5.19. The second kappa shape index (κ2) is 4.09. The lowest BCUT2D eigenvalue weighted by Crippen LogP contribution is -2.84. The molecule has 1 aliphatic carbocycles. The van der Waals surface area contributed by atoms with Gasteiger partial charge in [-0.15, -0.1) is 0 Å². The number of hydrogen-bond acceptors (Lipinski definition) is 0. The fraction of sp³-hybridized carbons (Fsp3) is 0.417. The fourth-order valence-corrected chi connectivity index (χ4v) is 2.39. The molecule has 2 heteroatoms. The highest BCUT2D eigenvalue weighted by Gasteiger charge is 2.28. The van der Waals surface area contributed by atoms with Gasteiger partial charge < -0.3 is 5.32 Å². The summed E-state index contributed by atoms with van der Waals surface area (Å²) in [5, 5.41) is 2.04. The average molecular weight is 193 g/mol. The van der Waals surface area contributed by atoms with Crippen LogP contribution in [0.5, 0.6) is 0 Å². The van der Waals surface area contributed by atoms with E-state index in [2.05, 4.69) is 7.05 Å². The van der Waals surface area contributed by atoms with Gasteiger partial charge in [0.2, 0.25) is 0 Å². The van der Waals surface area contributed by atoms with Gasteiger partial charge in [-0.25, -0.2) is 4.39 Å². The van der Waals surface area contributed by atoms with Crippen LogP contribution in [0.2, 0.25) is 0 Å². The topological polar surface area (TPSA) is 16.6 Å². The van der Waals surface area contributed by atoms with E-state index in [1.165, 1.54) is 24.8 Å². The molecule has 0 aliphatic heterocycles. The number of quaternary nitrogens is 1. The van der Waals surface area contributed by atoms with Gasteiger partial charge >= 0.3 is 0 Å². The molecule has 1 aliphatic rings. The van der Waals surface area contributed by atoms with Gasteiger partial charge in [0.15, 0.2) is 0 Å². The van der Waals surface area contributed by atoms with Crippen molar-refractivity contribution >= 4 is 0 Å². The number of hydrogen-bond donors (Lipinski definition) is 1. The number of halogens is 1. The summed E-state index contributed by atoms with van der Waals surface area (Å²) in [6.07, 6.45) is 3.70. The largest absolute Gasteiger partial charge is 0.476 e. The Kier molecular flexibility index (Phi) is 2.82. The first kappa shape index (κ1) is 9.66. The molecule has 1 aromatic rings. The van der Waals surface area contributed by atoms with Crippen LogP contribution in [-0.4, -0.2) is 6.04 Å². The molecule has 0 bridgehead atoms. The Labute approximate surface area is 84.3 Å². The summed E-state index contributed by atoms with van der Waals surface area (Å²) in [5.41, 5.74) is 1.26. The minimum Gasteiger partial charge on any atom is -0.476 e. The van der Waals surface area contributed by atoms with Crippen molar-refractivity contribution < 1.29 is 9.71 Å². The molecular formula is C12H16FN. The molecule has 0 spiro atoms. The van der Waals surface area contributed by atoms with E-state index in [0.717, 1.165) is 0 Å². The molecule has 1 saturated carbocycles. The van der Waals surface area contributed by atoms with Crippen LogP contribution in [0.15, 0.2) is 24.3 Å². The molecule has 0 unspecified atom stereocenters. The molecule has 0 saturated heterocycles. The van der Waals surface area contributed by atoms with E-state index in [1.54, 1.807) is 12.1 Å². The fourth-order valence-electron chi connectivity index (χ4n) is 2.39. The minimum absolute atomic E-state index is 0.151. The number of rotatable bonds is 2. The molecule has 0 heterocycles. The zero-order valence-electron chi connectivity index (χ0n) is 8.25. The van der Waals surface area contributed by atoms with Gasteiger partial charge in [0.1, 0.15) is 5.82 Å². The Hall–Kier alpha value is -0.890. The van der Waals surface area contributed by atoms with E-state index in [-0.39, 0.29) is 5.82 Å². The average Bonchev–Trinajstić information content (AvgIpc) is 2.67. The Bertz CT molecular complexity index is 294. The third-order valence-corrected chi connectivity index (χ3v) is 3.17. The molecule has 1 nitrogen and oxygen atoms in total. The molecule has 0 amide bonds. The van der Waals surface area contributed by atoms with Crippen LogP contribution >= 0.6 is 0 Å². The summed E-state index contributed by atoms with van der Waals surface area (Å²) in [5.74, 6) is 0.412. The van der Waals surface area contributed by atoms with Gasteiger partial charge in [-0.05, 0) is 37.0 Å². The van der Waals surface area contributed by atoms with E-state index < -0.39 is 0 Å². The minimum atomic E-state index is -0.151. The van der Waals surface area contributed by atoms with Gasteiger partial charge in [-0.1, -0.05) is 12.1 Å². The van der Waals surface area contributed by atoms with Crippen molar-refractivity contribution in [3.63, 3.8) is 0 Å². The van der Waals surface area contributed by atoms with Crippen molar-refractivity contribution in [1.82, 2.24) is 0 Å². The van der Waals surface area contributed by atoms with Crippen LogP contribution in [0.1, 0.15) is 30.7 Å². The maximum Gasteiger partial charge on any atom is 0.123 e. The van der Waals surface area contributed by atoms with Crippen LogP contribution in [0, 0.1) is 12.9 Å². The van der Waals surface area contributed by atoms with Crippen molar-refractivity contribution in [3.05, 3.63) is 42.7 Å². The highest BCUT2D eigenvalue weighted by molar-refractivity contribution is 5.22. The van der Waals surface area contributed by atoms with E-state index in [4.69, 9.17) is 0 Å². The van der Waals surface area contributed by atoms with E-state index >= 15 is 0 Å². The van der Waals surface area contributed by atoms with Crippen molar-refractivity contribution in [2.75, 3.05) is 0 Å². The molecule has 0 radical (unpaired) electrons. The van der Waals surface area contributed by atoms with Crippen molar-refractivity contribution in [3.8, 4) is 0 Å². The number of nitrogens with two attached hydrogens (primary N) is 1. The van der Waals surface area contributed by atoms with E-state index in [0.29, 0.717) is 12.0 Å². The molecule has 14 heavy (non-hydrogen) atoms. The van der Waals surface area contributed by atoms with Gasteiger partial charge in [0.05, 0.1) is 6.04 Å². The zero-order chi connectivity index (χ0) is 9.97. The van der Waals surface area contributed by atoms with E-state index in [9.17, 15) is 4.39 Å². The molecule has 2 rings (SSSR count). The highest BCUT2D eigenvalue weighted by Crippen LogP contribution is 2.32. The Balaban J connectivity index is 2.17.